The Hall–Kier alpha value is -1.83. The molecule has 0 saturated carbocycles. The van der Waals surface area contributed by atoms with Crippen LogP contribution >= 0.6 is 22.6 Å². The number of oxime groups is 1. The Morgan fingerprint density at radius 1 is 1.42 bits per heavy atom. The summed E-state index contributed by atoms with van der Waals surface area (Å²) in [6.07, 6.45) is 2.93. The molecule has 0 spiro atoms. The summed E-state index contributed by atoms with van der Waals surface area (Å²) in [6, 6.07) is 11.0. The van der Waals surface area contributed by atoms with Gasteiger partial charge < -0.3 is 14.6 Å². The molecule has 1 aromatic heterocycles. The Morgan fingerprint density at radius 2 is 2.32 bits per heavy atom. The quantitative estimate of drug-likeness (QED) is 0.500. The fraction of sp³-hybridized carbons (Fsp3) is 0.0769. The molecule has 1 aromatic carbocycles. The van der Waals surface area contributed by atoms with Gasteiger partial charge in [0.25, 0.3) is 5.91 Å². The molecule has 0 fully saturated rings. The highest BCUT2D eigenvalue weighted by Crippen LogP contribution is 2.12. The fourth-order valence-corrected chi connectivity index (χ4v) is 1.86. The van der Waals surface area contributed by atoms with Gasteiger partial charge in [-0.3, -0.25) is 4.79 Å². The second kappa shape index (κ2) is 6.93. The number of amides is 1. The summed E-state index contributed by atoms with van der Waals surface area (Å²) in [5, 5.41) is 6.34. The lowest BCUT2D eigenvalue weighted by atomic mass is 10.3. The maximum Gasteiger partial charge on any atom is 0.265 e. The molecule has 0 atom stereocenters. The molecule has 0 radical (unpaired) electrons. The van der Waals surface area contributed by atoms with Crippen molar-refractivity contribution >= 4 is 40.4 Å². The molecule has 0 saturated heterocycles. The van der Waals surface area contributed by atoms with Gasteiger partial charge in [-0.2, -0.15) is 0 Å². The molecular weight excluding hydrogens is 359 g/mol. The van der Waals surface area contributed by atoms with Crippen LogP contribution in [0.2, 0.25) is 0 Å². The second-order valence-electron chi connectivity index (χ2n) is 3.58. The van der Waals surface area contributed by atoms with Crippen molar-refractivity contribution in [2.24, 2.45) is 5.16 Å². The SMILES string of the molecule is O=C(CO/N=C\c1ccco1)Nc1cccc(I)c1. The van der Waals surface area contributed by atoms with E-state index in [1.165, 1.54) is 12.5 Å². The van der Waals surface area contributed by atoms with E-state index in [0.717, 1.165) is 9.26 Å². The summed E-state index contributed by atoms with van der Waals surface area (Å²) >= 11 is 2.18. The molecule has 2 aromatic rings. The molecule has 2 rings (SSSR count). The number of halogens is 1. The predicted octanol–water partition coefficient (Wildman–Crippen LogP) is 2.87. The van der Waals surface area contributed by atoms with Crippen LogP contribution in [0.1, 0.15) is 5.76 Å². The summed E-state index contributed by atoms with van der Waals surface area (Å²) in [6.45, 7) is -0.150. The lowest BCUT2D eigenvalue weighted by Crippen LogP contribution is -2.16. The van der Waals surface area contributed by atoms with Gasteiger partial charge in [0.1, 0.15) is 12.0 Å². The lowest BCUT2D eigenvalue weighted by Gasteiger charge is -2.04. The first-order valence-corrected chi connectivity index (χ1v) is 6.56. The molecule has 0 aliphatic carbocycles. The van der Waals surface area contributed by atoms with Gasteiger partial charge in [-0.05, 0) is 52.9 Å². The molecule has 0 aliphatic heterocycles. The topological polar surface area (TPSA) is 63.8 Å². The zero-order valence-electron chi connectivity index (χ0n) is 9.88. The normalized spacial score (nSPS) is 10.6. The van der Waals surface area contributed by atoms with Gasteiger partial charge in [0.2, 0.25) is 0 Å². The maximum atomic E-state index is 11.5. The monoisotopic (exact) mass is 370 g/mol. The van der Waals surface area contributed by atoms with Crippen LogP contribution in [-0.4, -0.2) is 18.7 Å². The summed E-state index contributed by atoms with van der Waals surface area (Å²) in [5.41, 5.74) is 0.732. The Kier molecular flexibility index (Phi) is 4.96. The fourth-order valence-electron chi connectivity index (χ4n) is 1.31. The van der Waals surface area contributed by atoms with Gasteiger partial charge in [0.15, 0.2) is 6.61 Å². The van der Waals surface area contributed by atoms with Crippen molar-refractivity contribution in [1.82, 2.24) is 0 Å². The molecule has 19 heavy (non-hydrogen) atoms. The van der Waals surface area contributed by atoms with Crippen molar-refractivity contribution in [2.75, 3.05) is 11.9 Å². The van der Waals surface area contributed by atoms with E-state index in [0.29, 0.717) is 5.76 Å². The molecule has 1 heterocycles. The van der Waals surface area contributed by atoms with E-state index in [1.54, 1.807) is 12.1 Å². The average molecular weight is 370 g/mol. The standard InChI is InChI=1S/C13H11IN2O3/c14-10-3-1-4-11(7-10)16-13(17)9-19-15-8-12-5-2-6-18-12/h1-8H,9H2,(H,16,17)/b15-8-. The minimum Gasteiger partial charge on any atom is -0.463 e. The van der Waals surface area contributed by atoms with E-state index in [2.05, 4.69) is 33.1 Å². The molecule has 6 heteroatoms. The van der Waals surface area contributed by atoms with Crippen molar-refractivity contribution < 1.29 is 14.0 Å². The van der Waals surface area contributed by atoms with Gasteiger partial charge in [-0.1, -0.05) is 11.2 Å². The molecule has 0 unspecified atom stereocenters. The first kappa shape index (κ1) is 13.6. The summed E-state index contributed by atoms with van der Waals surface area (Å²) < 4.78 is 6.07. The van der Waals surface area contributed by atoms with Crippen LogP contribution in [0, 0.1) is 3.57 Å². The predicted molar refractivity (Wildman–Crippen MR) is 80.0 cm³/mol. The van der Waals surface area contributed by atoms with Crippen LogP contribution in [0.4, 0.5) is 5.69 Å². The molecule has 0 aliphatic rings. The van der Waals surface area contributed by atoms with Crippen molar-refractivity contribution in [1.29, 1.82) is 0 Å². The third kappa shape index (κ3) is 4.74. The van der Waals surface area contributed by atoms with Crippen LogP contribution in [0.25, 0.3) is 0 Å². The molecule has 5 nitrogen and oxygen atoms in total. The third-order valence-electron chi connectivity index (χ3n) is 2.10. The molecule has 98 valence electrons. The van der Waals surface area contributed by atoms with Crippen LogP contribution in [-0.2, 0) is 9.63 Å². The van der Waals surface area contributed by atoms with Crippen molar-refractivity contribution in [3.05, 3.63) is 52.0 Å². The minimum atomic E-state index is -0.265. The van der Waals surface area contributed by atoms with Crippen molar-refractivity contribution in [3.8, 4) is 0 Å². The number of nitrogens with one attached hydrogen (secondary N) is 1. The Bertz CT molecular complexity index is 567. The number of hydrogen-bond acceptors (Lipinski definition) is 4. The molecule has 1 amide bonds. The summed E-state index contributed by atoms with van der Waals surface area (Å²) in [4.78, 5) is 16.4. The molecule has 0 bridgehead atoms. The van der Waals surface area contributed by atoms with Gasteiger partial charge in [0, 0.05) is 9.26 Å². The highest BCUT2D eigenvalue weighted by Gasteiger charge is 2.02. The third-order valence-corrected chi connectivity index (χ3v) is 2.77. The second-order valence-corrected chi connectivity index (χ2v) is 4.83. The highest BCUT2D eigenvalue weighted by atomic mass is 127. The number of nitrogens with zero attached hydrogens (tertiary/aromatic N) is 1. The van der Waals surface area contributed by atoms with Crippen LogP contribution in [0.15, 0.2) is 52.2 Å². The van der Waals surface area contributed by atoms with Gasteiger partial charge in [-0.15, -0.1) is 0 Å². The van der Waals surface area contributed by atoms with Crippen molar-refractivity contribution in [3.63, 3.8) is 0 Å². The average Bonchev–Trinajstić information content (AvgIpc) is 2.88. The summed E-state index contributed by atoms with van der Waals surface area (Å²) in [5.74, 6) is 0.302. The van der Waals surface area contributed by atoms with E-state index in [1.807, 2.05) is 24.3 Å². The van der Waals surface area contributed by atoms with Gasteiger partial charge >= 0.3 is 0 Å². The zero-order chi connectivity index (χ0) is 13.5. The van der Waals surface area contributed by atoms with Gasteiger partial charge in [-0.25, -0.2) is 0 Å². The number of furan rings is 1. The zero-order valence-corrected chi connectivity index (χ0v) is 12.0. The minimum absolute atomic E-state index is 0.150. The number of carbonyl (C=O) groups is 1. The van der Waals surface area contributed by atoms with E-state index < -0.39 is 0 Å². The van der Waals surface area contributed by atoms with E-state index in [4.69, 9.17) is 9.25 Å². The maximum absolute atomic E-state index is 11.5. The van der Waals surface area contributed by atoms with Crippen LogP contribution in [0.5, 0.6) is 0 Å². The number of anilines is 1. The van der Waals surface area contributed by atoms with Crippen LogP contribution < -0.4 is 5.32 Å². The smallest absolute Gasteiger partial charge is 0.265 e. The molecular formula is C13H11IN2O3. The van der Waals surface area contributed by atoms with E-state index >= 15 is 0 Å². The Labute approximate surface area is 123 Å². The summed E-state index contributed by atoms with van der Waals surface area (Å²) in [7, 11) is 0. The largest absolute Gasteiger partial charge is 0.463 e. The number of rotatable bonds is 5. The van der Waals surface area contributed by atoms with Crippen LogP contribution in [0.3, 0.4) is 0 Å². The van der Waals surface area contributed by atoms with Crippen molar-refractivity contribution in [2.45, 2.75) is 0 Å². The number of benzene rings is 1. The number of hydrogen-bond donors (Lipinski definition) is 1. The highest BCUT2D eigenvalue weighted by molar-refractivity contribution is 14.1. The Balaban J connectivity index is 1.76. The Morgan fingerprint density at radius 3 is 3.05 bits per heavy atom. The van der Waals surface area contributed by atoms with Gasteiger partial charge in [0.05, 0.1) is 6.26 Å². The van der Waals surface area contributed by atoms with E-state index in [9.17, 15) is 4.79 Å². The first-order valence-electron chi connectivity index (χ1n) is 5.48. The van der Waals surface area contributed by atoms with E-state index in [-0.39, 0.29) is 12.5 Å². The number of carbonyl (C=O) groups excluding carboxylic acids is 1. The molecule has 1 N–H and O–H groups in total. The first-order chi connectivity index (χ1) is 9.24. The lowest BCUT2D eigenvalue weighted by molar-refractivity contribution is -0.120.